The van der Waals surface area contributed by atoms with Crippen LogP contribution in [0.2, 0.25) is 0 Å². The Hall–Kier alpha value is -0.560. The average molecular weight is 154 g/mol. The zero-order valence-corrected chi connectivity index (χ0v) is 7.29. The molecule has 0 aliphatic heterocycles. The van der Waals surface area contributed by atoms with Crippen LogP contribution in [-0.2, 0) is 0 Å². The third-order valence-corrected chi connectivity index (χ3v) is 1.70. The van der Waals surface area contributed by atoms with Crippen LogP contribution in [0.25, 0.3) is 0 Å². The number of hydrogen-bond donors (Lipinski definition) is 1. The molecule has 0 rings (SSSR count). The SMILES string of the molecule is C=CC(C)CCC/C=C/CO. The second kappa shape index (κ2) is 7.55. The molecule has 0 amide bonds. The highest BCUT2D eigenvalue weighted by atomic mass is 16.2. The van der Waals surface area contributed by atoms with Gasteiger partial charge in [-0.1, -0.05) is 25.2 Å². The van der Waals surface area contributed by atoms with E-state index in [0.29, 0.717) is 5.92 Å². The zero-order valence-electron chi connectivity index (χ0n) is 7.29. The second-order valence-corrected chi connectivity index (χ2v) is 2.80. The molecule has 0 saturated heterocycles. The second-order valence-electron chi connectivity index (χ2n) is 2.80. The molecule has 0 aliphatic rings. The van der Waals surface area contributed by atoms with Crippen LogP contribution in [0, 0.1) is 5.92 Å². The van der Waals surface area contributed by atoms with E-state index in [4.69, 9.17) is 5.11 Å². The highest BCUT2D eigenvalue weighted by Gasteiger charge is 1.92. The topological polar surface area (TPSA) is 20.2 Å². The largest absolute Gasteiger partial charge is 0.392 e. The number of aliphatic hydroxyl groups excluding tert-OH is 1. The van der Waals surface area contributed by atoms with Crippen molar-refractivity contribution in [2.75, 3.05) is 6.61 Å². The average Bonchev–Trinajstić information content (AvgIpc) is 2.04. The van der Waals surface area contributed by atoms with Crippen LogP contribution < -0.4 is 0 Å². The molecular weight excluding hydrogens is 136 g/mol. The maximum atomic E-state index is 8.42. The molecule has 0 saturated carbocycles. The molecule has 11 heavy (non-hydrogen) atoms. The lowest BCUT2D eigenvalue weighted by Gasteiger charge is -2.01. The molecule has 1 unspecified atom stereocenters. The van der Waals surface area contributed by atoms with Crippen molar-refractivity contribution in [1.29, 1.82) is 0 Å². The van der Waals surface area contributed by atoms with Crippen LogP contribution in [0.15, 0.2) is 24.8 Å². The Labute approximate surface area is 69.4 Å². The Morgan fingerprint density at radius 2 is 2.18 bits per heavy atom. The van der Waals surface area contributed by atoms with E-state index in [-0.39, 0.29) is 6.61 Å². The Balaban J connectivity index is 3.13. The van der Waals surface area contributed by atoms with Crippen LogP contribution in [-0.4, -0.2) is 11.7 Å². The molecule has 0 radical (unpaired) electrons. The molecule has 0 aromatic heterocycles. The van der Waals surface area contributed by atoms with E-state index in [1.165, 1.54) is 12.8 Å². The maximum absolute atomic E-state index is 8.42. The predicted octanol–water partition coefficient (Wildman–Crippen LogP) is 2.53. The molecular formula is C10H18O. The summed E-state index contributed by atoms with van der Waals surface area (Å²) in [5.74, 6) is 0.623. The predicted molar refractivity (Wildman–Crippen MR) is 49.4 cm³/mol. The molecule has 1 N–H and O–H groups in total. The van der Waals surface area contributed by atoms with E-state index in [1.807, 2.05) is 12.2 Å². The van der Waals surface area contributed by atoms with E-state index < -0.39 is 0 Å². The summed E-state index contributed by atoms with van der Waals surface area (Å²) in [6, 6.07) is 0. The van der Waals surface area contributed by atoms with E-state index in [9.17, 15) is 0 Å². The summed E-state index contributed by atoms with van der Waals surface area (Å²) in [4.78, 5) is 0. The fourth-order valence-corrected chi connectivity index (χ4v) is 0.868. The number of allylic oxidation sites excluding steroid dienone is 2. The highest BCUT2D eigenvalue weighted by Crippen LogP contribution is 2.08. The van der Waals surface area contributed by atoms with Crippen LogP contribution in [0.1, 0.15) is 26.2 Å². The first-order valence-corrected chi connectivity index (χ1v) is 4.19. The van der Waals surface area contributed by atoms with Gasteiger partial charge in [0, 0.05) is 0 Å². The van der Waals surface area contributed by atoms with E-state index in [2.05, 4.69) is 13.5 Å². The molecule has 0 aromatic carbocycles. The number of hydrogen-bond acceptors (Lipinski definition) is 1. The van der Waals surface area contributed by atoms with Crippen molar-refractivity contribution >= 4 is 0 Å². The fraction of sp³-hybridized carbons (Fsp3) is 0.600. The molecule has 1 nitrogen and oxygen atoms in total. The van der Waals surface area contributed by atoms with Gasteiger partial charge in [-0.15, -0.1) is 6.58 Å². The van der Waals surface area contributed by atoms with Crippen molar-refractivity contribution in [3.05, 3.63) is 24.8 Å². The molecule has 1 atom stereocenters. The van der Waals surface area contributed by atoms with Gasteiger partial charge < -0.3 is 5.11 Å². The van der Waals surface area contributed by atoms with Crippen molar-refractivity contribution in [2.45, 2.75) is 26.2 Å². The van der Waals surface area contributed by atoms with Gasteiger partial charge in [0.25, 0.3) is 0 Å². The van der Waals surface area contributed by atoms with Gasteiger partial charge in [-0.05, 0) is 25.2 Å². The first-order valence-electron chi connectivity index (χ1n) is 4.19. The Morgan fingerprint density at radius 3 is 2.73 bits per heavy atom. The van der Waals surface area contributed by atoms with Crippen LogP contribution in [0.3, 0.4) is 0 Å². The summed E-state index contributed by atoms with van der Waals surface area (Å²) in [6.45, 7) is 6.05. The van der Waals surface area contributed by atoms with Gasteiger partial charge in [0.05, 0.1) is 6.61 Å². The Bertz CT molecular complexity index is 116. The van der Waals surface area contributed by atoms with Gasteiger partial charge >= 0.3 is 0 Å². The van der Waals surface area contributed by atoms with Crippen LogP contribution in [0.5, 0.6) is 0 Å². The zero-order chi connectivity index (χ0) is 8.53. The van der Waals surface area contributed by atoms with Crippen molar-refractivity contribution in [3.63, 3.8) is 0 Å². The maximum Gasteiger partial charge on any atom is 0.0612 e. The summed E-state index contributed by atoms with van der Waals surface area (Å²) < 4.78 is 0. The van der Waals surface area contributed by atoms with Crippen molar-refractivity contribution in [1.82, 2.24) is 0 Å². The minimum Gasteiger partial charge on any atom is -0.392 e. The molecule has 64 valence electrons. The lowest BCUT2D eigenvalue weighted by Crippen LogP contribution is -1.87. The van der Waals surface area contributed by atoms with Crippen molar-refractivity contribution in [2.24, 2.45) is 5.92 Å². The molecule has 0 aliphatic carbocycles. The van der Waals surface area contributed by atoms with E-state index >= 15 is 0 Å². The number of unbranched alkanes of at least 4 members (excludes halogenated alkanes) is 1. The molecule has 0 heterocycles. The lowest BCUT2D eigenvalue weighted by molar-refractivity contribution is 0.342. The van der Waals surface area contributed by atoms with Crippen LogP contribution >= 0.6 is 0 Å². The van der Waals surface area contributed by atoms with Gasteiger partial charge in [-0.3, -0.25) is 0 Å². The summed E-state index contributed by atoms with van der Waals surface area (Å²) in [6.07, 6.45) is 9.24. The summed E-state index contributed by atoms with van der Waals surface area (Å²) in [7, 11) is 0. The highest BCUT2D eigenvalue weighted by molar-refractivity contribution is 4.82. The van der Waals surface area contributed by atoms with Gasteiger partial charge in [-0.25, -0.2) is 0 Å². The number of rotatable bonds is 6. The van der Waals surface area contributed by atoms with Gasteiger partial charge in [-0.2, -0.15) is 0 Å². The van der Waals surface area contributed by atoms with Crippen molar-refractivity contribution in [3.8, 4) is 0 Å². The van der Waals surface area contributed by atoms with E-state index in [0.717, 1.165) is 6.42 Å². The summed E-state index contributed by atoms with van der Waals surface area (Å²) in [5, 5.41) is 8.42. The van der Waals surface area contributed by atoms with Crippen LogP contribution in [0.4, 0.5) is 0 Å². The Morgan fingerprint density at radius 1 is 1.45 bits per heavy atom. The fourth-order valence-electron chi connectivity index (χ4n) is 0.868. The lowest BCUT2D eigenvalue weighted by atomic mass is 10.0. The molecule has 0 bridgehead atoms. The standard InChI is InChI=1S/C10H18O/c1-3-10(2)8-6-4-5-7-9-11/h3,5,7,10-11H,1,4,6,8-9H2,2H3/b7-5+. The molecule has 1 heteroatoms. The third-order valence-electron chi connectivity index (χ3n) is 1.70. The monoisotopic (exact) mass is 154 g/mol. The minimum atomic E-state index is 0.164. The molecule has 0 aromatic rings. The smallest absolute Gasteiger partial charge is 0.0612 e. The quantitative estimate of drug-likeness (QED) is 0.460. The summed E-state index contributed by atoms with van der Waals surface area (Å²) >= 11 is 0. The first-order chi connectivity index (χ1) is 5.31. The summed E-state index contributed by atoms with van der Waals surface area (Å²) in [5.41, 5.74) is 0. The van der Waals surface area contributed by atoms with Gasteiger partial charge in [0.15, 0.2) is 0 Å². The van der Waals surface area contributed by atoms with Gasteiger partial charge in [0.1, 0.15) is 0 Å². The van der Waals surface area contributed by atoms with Crippen molar-refractivity contribution < 1.29 is 5.11 Å². The molecule has 0 fully saturated rings. The first kappa shape index (κ1) is 10.4. The third kappa shape index (κ3) is 7.34. The Kier molecular flexibility index (Phi) is 7.16. The minimum absolute atomic E-state index is 0.164. The van der Waals surface area contributed by atoms with Gasteiger partial charge in [0.2, 0.25) is 0 Å². The normalized spacial score (nSPS) is 13.6. The molecule has 0 spiro atoms. The van der Waals surface area contributed by atoms with E-state index in [1.54, 1.807) is 6.08 Å². The number of aliphatic hydroxyl groups is 1.